The summed E-state index contributed by atoms with van der Waals surface area (Å²) in [5, 5.41) is 14.3. The van der Waals surface area contributed by atoms with Crippen LogP contribution >= 0.6 is 0 Å². The number of carbonyl (C=O) groups is 3. The number of carboxylic acids is 1. The van der Waals surface area contributed by atoms with Gasteiger partial charge in [-0.25, -0.2) is 14.4 Å². The van der Waals surface area contributed by atoms with Crippen molar-refractivity contribution in [2.45, 2.75) is 45.4 Å². The standard InChI is InChI=1S/C22H26N2O6/c1-22(2,3)30-21(28)24-18(19(25)26)13-15-9-11-17(12-10-15)23-20(27)29-14-16-7-5-4-6-8-16/h4-12,18H,13-14H2,1-3H3,(H,23,27)(H,24,28)(H,25,26)/t18-/m0/s1. The minimum atomic E-state index is -1.17. The van der Waals surface area contributed by atoms with Crippen LogP contribution in [0, 0.1) is 0 Å². The summed E-state index contributed by atoms with van der Waals surface area (Å²) >= 11 is 0. The molecule has 0 saturated heterocycles. The van der Waals surface area contributed by atoms with Crippen molar-refractivity contribution in [3.05, 3.63) is 65.7 Å². The molecule has 160 valence electrons. The molecule has 0 aliphatic rings. The first-order chi connectivity index (χ1) is 14.1. The van der Waals surface area contributed by atoms with Crippen LogP contribution in [0.5, 0.6) is 0 Å². The molecular weight excluding hydrogens is 388 g/mol. The van der Waals surface area contributed by atoms with Crippen molar-refractivity contribution in [3.63, 3.8) is 0 Å². The number of hydrogen-bond acceptors (Lipinski definition) is 5. The van der Waals surface area contributed by atoms with Gasteiger partial charge >= 0.3 is 18.2 Å². The van der Waals surface area contributed by atoms with E-state index in [1.165, 1.54) is 0 Å². The number of rotatable bonds is 7. The van der Waals surface area contributed by atoms with Crippen molar-refractivity contribution < 1.29 is 29.0 Å². The zero-order chi connectivity index (χ0) is 22.1. The molecule has 0 aliphatic heterocycles. The molecule has 0 saturated carbocycles. The molecular formula is C22H26N2O6. The fourth-order valence-corrected chi connectivity index (χ4v) is 2.49. The van der Waals surface area contributed by atoms with Gasteiger partial charge in [0.05, 0.1) is 0 Å². The summed E-state index contributed by atoms with van der Waals surface area (Å²) in [4.78, 5) is 35.2. The number of amides is 2. The van der Waals surface area contributed by atoms with Gasteiger partial charge in [-0.2, -0.15) is 0 Å². The lowest BCUT2D eigenvalue weighted by Crippen LogP contribution is -2.44. The smallest absolute Gasteiger partial charge is 0.411 e. The molecule has 0 aliphatic carbocycles. The van der Waals surface area contributed by atoms with E-state index in [2.05, 4.69) is 10.6 Å². The Labute approximate surface area is 175 Å². The average molecular weight is 414 g/mol. The lowest BCUT2D eigenvalue weighted by molar-refractivity contribution is -0.139. The highest BCUT2D eigenvalue weighted by Crippen LogP contribution is 2.13. The number of benzene rings is 2. The Bertz CT molecular complexity index is 859. The summed E-state index contributed by atoms with van der Waals surface area (Å²) in [6.45, 7) is 5.23. The lowest BCUT2D eigenvalue weighted by Gasteiger charge is -2.22. The third kappa shape index (κ3) is 8.22. The van der Waals surface area contributed by atoms with Crippen LogP contribution in [0.25, 0.3) is 0 Å². The largest absolute Gasteiger partial charge is 0.480 e. The van der Waals surface area contributed by atoms with Crippen LogP contribution in [0.1, 0.15) is 31.9 Å². The highest BCUT2D eigenvalue weighted by atomic mass is 16.6. The van der Waals surface area contributed by atoms with Crippen molar-refractivity contribution >= 4 is 23.8 Å². The molecule has 0 spiro atoms. The number of hydrogen-bond donors (Lipinski definition) is 3. The first-order valence-electron chi connectivity index (χ1n) is 9.41. The molecule has 0 aromatic heterocycles. The van der Waals surface area contributed by atoms with Crippen LogP contribution in [-0.4, -0.2) is 34.9 Å². The first-order valence-corrected chi connectivity index (χ1v) is 9.41. The molecule has 30 heavy (non-hydrogen) atoms. The van der Waals surface area contributed by atoms with Crippen molar-refractivity contribution in [1.29, 1.82) is 0 Å². The van der Waals surface area contributed by atoms with E-state index in [1.54, 1.807) is 45.0 Å². The Hall–Kier alpha value is -3.55. The number of carboxylic acid groups (broad SMARTS) is 1. The maximum atomic E-state index is 11.9. The summed E-state index contributed by atoms with van der Waals surface area (Å²) in [5.74, 6) is -1.17. The molecule has 0 heterocycles. The van der Waals surface area contributed by atoms with Crippen molar-refractivity contribution in [2.75, 3.05) is 5.32 Å². The van der Waals surface area contributed by atoms with E-state index in [4.69, 9.17) is 9.47 Å². The second-order valence-electron chi connectivity index (χ2n) is 7.62. The molecule has 1 atom stereocenters. The van der Waals surface area contributed by atoms with Crippen LogP contribution in [0.15, 0.2) is 54.6 Å². The number of nitrogens with one attached hydrogen (secondary N) is 2. The van der Waals surface area contributed by atoms with Crippen LogP contribution in [0.3, 0.4) is 0 Å². The highest BCUT2D eigenvalue weighted by Gasteiger charge is 2.24. The highest BCUT2D eigenvalue weighted by molar-refractivity contribution is 5.84. The molecule has 0 bridgehead atoms. The summed E-state index contributed by atoms with van der Waals surface area (Å²) < 4.78 is 10.3. The minimum Gasteiger partial charge on any atom is -0.480 e. The Morgan fingerprint density at radius 1 is 0.933 bits per heavy atom. The molecule has 8 nitrogen and oxygen atoms in total. The fraction of sp³-hybridized carbons (Fsp3) is 0.318. The maximum absolute atomic E-state index is 11.9. The normalized spacial score (nSPS) is 11.8. The zero-order valence-electron chi connectivity index (χ0n) is 17.2. The van der Waals surface area contributed by atoms with Crippen LogP contribution < -0.4 is 10.6 Å². The lowest BCUT2D eigenvalue weighted by atomic mass is 10.1. The Morgan fingerprint density at radius 3 is 2.13 bits per heavy atom. The minimum absolute atomic E-state index is 0.0628. The van der Waals surface area contributed by atoms with E-state index < -0.39 is 29.8 Å². The van der Waals surface area contributed by atoms with Crippen molar-refractivity contribution in [2.24, 2.45) is 0 Å². The predicted octanol–water partition coefficient (Wildman–Crippen LogP) is 3.96. The predicted molar refractivity (Wildman–Crippen MR) is 111 cm³/mol. The molecule has 0 radical (unpaired) electrons. The number of anilines is 1. The molecule has 0 fully saturated rings. The van der Waals surface area contributed by atoms with Gasteiger partial charge < -0.3 is 19.9 Å². The maximum Gasteiger partial charge on any atom is 0.411 e. The number of alkyl carbamates (subject to hydrolysis) is 1. The Kier molecular flexibility index (Phi) is 7.80. The number of ether oxygens (including phenoxy) is 2. The topological polar surface area (TPSA) is 114 Å². The first kappa shape index (κ1) is 22.7. The molecule has 8 heteroatoms. The monoisotopic (exact) mass is 414 g/mol. The third-order valence-electron chi connectivity index (χ3n) is 3.84. The van der Waals surface area contributed by atoms with Gasteiger partial charge in [0.15, 0.2) is 0 Å². The van der Waals surface area contributed by atoms with Crippen molar-refractivity contribution in [3.8, 4) is 0 Å². The van der Waals surface area contributed by atoms with Gasteiger partial charge in [-0.3, -0.25) is 5.32 Å². The Balaban J connectivity index is 1.88. The second kappa shape index (κ2) is 10.3. The van der Waals surface area contributed by atoms with Gasteiger partial charge in [0.2, 0.25) is 0 Å². The SMILES string of the molecule is CC(C)(C)OC(=O)N[C@@H](Cc1ccc(NC(=O)OCc2ccccc2)cc1)C(=O)O. The van der Waals surface area contributed by atoms with Gasteiger partial charge in [0.25, 0.3) is 0 Å². The van der Waals surface area contributed by atoms with Crippen LogP contribution in [0.2, 0.25) is 0 Å². The molecule has 2 aromatic carbocycles. The average Bonchev–Trinajstić information content (AvgIpc) is 2.66. The molecule has 2 amide bonds. The van der Waals surface area contributed by atoms with Gasteiger partial charge in [-0.15, -0.1) is 0 Å². The van der Waals surface area contributed by atoms with E-state index >= 15 is 0 Å². The molecule has 3 N–H and O–H groups in total. The van der Waals surface area contributed by atoms with Crippen LogP contribution in [-0.2, 0) is 27.3 Å². The van der Waals surface area contributed by atoms with Crippen molar-refractivity contribution in [1.82, 2.24) is 5.32 Å². The van der Waals surface area contributed by atoms with E-state index in [9.17, 15) is 19.5 Å². The van der Waals surface area contributed by atoms with Gasteiger partial charge in [0, 0.05) is 12.1 Å². The molecule has 0 unspecified atom stereocenters. The van der Waals surface area contributed by atoms with E-state index in [-0.39, 0.29) is 13.0 Å². The van der Waals surface area contributed by atoms with Crippen LogP contribution in [0.4, 0.5) is 15.3 Å². The van der Waals surface area contributed by atoms with Gasteiger partial charge in [-0.1, -0.05) is 42.5 Å². The third-order valence-corrected chi connectivity index (χ3v) is 3.84. The van der Waals surface area contributed by atoms with E-state index in [0.717, 1.165) is 5.56 Å². The second-order valence-corrected chi connectivity index (χ2v) is 7.62. The van der Waals surface area contributed by atoms with Gasteiger partial charge in [-0.05, 0) is 44.0 Å². The summed E-state index contributed by atoms with van der Waals surface area (Å²) in [6.07, 6.45) is -1.33. The fourth-order valence-electron chi connectivity index (χ4n) is 2.49. The summed E-state index contributed by atoms with van der Waals surface area (Å²) in [5.41, 5.74) is 1.32. The van der Waals surface area contributed by atoms with E-state index in [0.29, 0.717) is 11.3 Å². The Morgan fingerprint density at radius 2 is 1.57 bits per heavy atom. The number of carbonyl (C=O) groups excluding carboxylic acids is 2. The van der Waals surface area contributed by atoms with Gasteiger partial charge in [0.1, 0.15) is 18.2 Å². The summed E-state index contributed by atoms with van der Waals surface area (Å²) in [6, 6.07) is 14.8. The number of aliphatic carboxylic acids is 1. The molecule has 2 rings (SSSR count). The summed E-state index contributed by atoms with van der Waals surface area (Å²) in [7, 11) is 0. The molecule has 2 aromatic rings. The van der Waals surface area contributed by atoms with E-state index in [1.807, 2.05) is 30.3 Å². The zero-order valence-corrected chi connectivity index (χ0v) is 17.2. The quantitative estimate of drug-likeness (QED) is 0.632.